The normalized spacial score (nSPS) is 19.5. The molecular formula is C32H39Br2ClN4O3. The van der Waals surface area contributed by atoms with Gasteiger partial charge in [-0.2, -0.15) is 0 Å². The molecule has 3 aliphatic rings. The number of amides is 2. The first kappa shape index (κ1) is 31.5. The van der Waals surface area contributed by atoms with E-state index in [1.165, 1.54) is 16.7 Å². The predicted octanol–water partition coefficient (Wildman–Crippen LogP) is 7.16. The number of carbonyl (C=O) groups excluding carboxylic acids is 2. The summed E-state index contributed by atoms with van der Waals surface area (Å²) < 4.78 is 2.05. The van der Waals surface area contributed by atoms with Gasteiger partial charge in [-0.15, -0.1) is 0 Å². The smallest absolute Gasteiger partial charge is 0.226 e. The molecule has 0 radical (unpaired) electrons. The number of halogens is 3. The minimum Gasteiger partial charge on any atom is -0.395 e. The number of oxime groups is 1. The van der Waals surface area contributed by atoms with Crippen molar-refractivity contribution in [2.24, 2.45) is 17.0 Å². The summed E-state index contributed by atoms with van der Waals surface area (Å²) in [6.07, 6.45) is 8.30. The van der Waals surface area contributed by atoms with E-state index in [-0.39, 0.29) is 17.7 Å². The van der Waals surface area contributed by atoms with E-state index in [4.69, 9.17) is 21.4 Å². The highest BCUT2D eigenvalue weighted by Crippen LogP contribution is 2.46. The highest BCUT2D eigenvalue weighted by Gasteiger charge is 2.37. The van der Waals surface area contributed by atoms with Crippen LogP contribution in [0.1, 0.15) is 80.7 Å². The standard InChI is InChI=1S/C32H39Br2ClN4O3/c1-20(2)37-42-14-9-28(40)38-10-5-21(6-11-38)15-29(41)39-12-7-22(8-13-39)31-30-23(17-26(35)18-27(30)34)3-4-24-16-25(33)19-36-32(24)31/h16-19,21-22,31H,3-15H2,1-2H3/t31-/m1/s1. The van der Waals surface area contributed by atoms with Gasteiger partial charge in [0.05, 0.1) is 17.8 Å². The maximum Gasteiger partial charge on any atom is 0.226 e. The van der Waals surface area contributed by atoms with Crippen LogP contribution in [0.15, 0.2) is 38.5 Å². The Bertz CT molecular complexity index is 1330. The summed E-state index contributed by atoms with van der Waals surface area (Å²) in [4.78, 5) is 40.0. The number of carbonyl (C=O) groups is 2. The van der Waals surface area contributed by atoms with Crippen LogP contribution in [0.2, 0.25) is 5.02 Å². The van der Waals surface area contributed by atoms with E-state index in [0.717, 1.165) is 77.0 Å². The Morgan fingerprint density at radius 1 is 0.976 bits per heavy atom. The number of aromatic nitrogens is 1. The van der Waals surface area contributed by atoms with E-state index < -0.39 is 0 Å². The molecule has 226 valence electrons. The number of fused-ring (bicyclic) bond motifs is 2. The molecule has 1 aromatic heterocycles. The maximum absolute atomic E-state index is 13.4. The molecule has 1 aromatic carbocycles. The van der Waals surface area contributed by atoms with Crippen molar-refractivity contribution in [2.75, 3.05) is 32.8 Å². The second-order valence-corrected chi connectivity index (χ2v) is 14.2. The molecule has 1 atom stereocenters. The van der Waals surface area contributed by atoms with E-state index in [0.29, 0.717) is 44.4 Å². The lowest BCUT2D eigenvalue weighted by molar-refractivity contribution is -0.135. The van der Waals surface area contributed by atoms with Gasteiger partial charge in [0.15, 0.2) is 0 Å². The van der Waals surface area contributed by atoms with Crippen LogP contribution in [-0.2, 0) is 27.3 Å². The van der Waals surface area contributed by atoms with Gasteiger partial charge in [0.25, 0.3) is 0 Å². The molecule has 10 heteroatoms. The van der Waals surface area contributed by atoms with Gasteiger partial charge in [-0.25, -0.2) is 0 Å². The van der Waals surface area contributed by atoms with Crippen molar-refractivity contribution in [3.63, 3.8) is 0 Å². The van der Waals surface area contributed by atoms with Crippen molar-refractivity contribution in [2.45, 2.75) is 71.1 Å². The fourth-order valence-corrected chi connectivity index (χ4v) is 8.24. The summed E-state index contributed by atoms with van der Waals surface area (Å²) in [5, 5.41) is 4.64. The van der Waals surface area contributed by atoms with Gasteiger partial charge in [-0.1, -0.05) is 32.7 Å². The zero-order valence-corrected chi connectivity index (χ0v) is 28.3. The average Bonchev–Trinajstić information content (AvgIpc) is 3.12. The van der Waals surface area contributed by atoms with Gasteiger partial charge < -0.3 is 14.6 Å². The molecule has 7 nitrogen and oxygen atoms in total. The van der Waals surface area contributed by atoms with Crippen LogP contribution in [0.4, 0.5) is 0 Å². The molecule has 0 N–H and O–H groups in total. The third-order valence-corrected chi connectivity index (χ3v) is 10.2. The summed E-state index contributed by atoms with van der Waals surface area (Å²) >= 11 is 13.9. The van der Waals surface area contributed by atoms with Crippen molar-refractivity contribution < 1.29 is 14.4 Å². The molecule has 3 heterocycles. The summed E-state index contributed by atoms with van der Waals surface area (Å²) in [5.74, 6) is 1.23. The number of rotatable bonds is 7. The van der Waals surface area contributed by atoms with Crippen molar-refractivity contribution in [3.8, 4) is 0 Å². The third-order valence-electron chi connectivity index (χ3n) is 8.87. The maximum atomic E-state index is 13.4. The average molecular weight is 723 g/mol. The molecule has 0 unspecified atom stereocenters. The molecule has 0 spiro atoms. The molecule has 1 aliphatic carbocycles. The number of hydrogen-bond acceptors (Lipinski definition) is 5. The first-order valence-corrected chi connectivity index (χ1v) is 17.0. The molecule has 2 amide bonds. The molecule has 2 fully saturated rings. The molecule has 2 aliphatic heterocycles. The third kappa shape index (κ3) is 7.56. The Morgan fingerprint density at radius 3 is 2.36 bits per heavy atom. The lowest BCUT2D eigenvalue weighted by atomic mass is 9.76. The first-order chi connectivity index (χ1) is 20.2. The number of benzene rings is 1. The topological polar surface area (TPSA) is 75.1 Å². The van der Waals surface area contributed by atoms with E-state index in [1.807, 2.05) is 31.0 Å². The first-order valence-electron chi connectivity index (χ1n) is 15.0. The number of aryl methyl sites for hydroxylation is 2. The Morgan fingerprint density at radius 2 is 1.64 bits per heavy atom. The van der Waals surface area contributed by atoms with Gasteiger partial charge in [-0.05, 0) is 115 Å². The molecule has 0 bridgehead atoms. The predicted molar refractivity (Wildman–Crippen MR) is 173 cm³/mol. The Hall–Kier alpha value is -1.97. The van der Waals surface area contributed by atoms with E-state index in [2.05, 4.69) is 54.0 Å². The van der Waals surface area contributed by atoms with Gasteiger partial charge in [0, 0.05) is 58.7 Å². The van der Waals surface area contributed by atoms with Crippen LogP contribution >= 0.6 is 43.5 Å². The van der Waals surface area contributed by atoms with Gasteiger partial charge in [-0.3, -0.25) is 14.6 Å². The van der Waals surface area contributed by atoms with Crippen LogP contribution in [0.3, 0.4) is 0 Å². The molecule has 5 rings (SSSR count). The van der Waals surface area contributed by atoms with Crippen molar-refractivity contribution in [1.29, 1.82) is 0 Å². The van der Waals surface area contributed by atoms with Crippen molar-refractivity contribution in [1.82, 2.24) is 14.8 Å². The summed E-state index contributed by atoms with van der Waals surface area (Å²) in [6, 6.07) is 6.33. The number of piperidine rings is 2. The minimum absolute atomic E-state index is 0.100. The Balaban J connectivity index is 1.17. The second-order valence-electron chi connectivity index (χ2n) is 12.0. The Kier molecular flexibility index (Phi) is 10.6. The Labute approximate surface area is 270 Å². The van der Waals surface area contributed by atoms with Crippen molar-refractivity contribution in [3.05, 3.63) is 60.7 Å². The van der Waals surface area contributed by atoms with Crippen LogP contribution in [-0.4, -0.2) is 65.1 Å². The molecule has 2 saturated heterocycles. The zero-order chi connectivity index (χ0) is 29.8. The zero-order valence-electron chi connectivity index (χ0n) is 24.4. The van der Waals surface area contributed by atoms with Gasteiger partial charge in [0.2, 0.25) is 11.8 Å². The largest absolute Gasteiger partial charge is 0.395 e. The molecule has 42 heavy (non-hydrogen) atoms. The second kappa shape index (κ2) is 14.2. The summed E-state index contributed by atoms with van der Waals surface area (Å²) in [7, 11) is 0. The fourth-order valence-electron chi connectivity index (χ4n) is 6.74. The van der Waals surface area contributed by atoms with E-state index in [9.17, 15) is 9.59 Å². The number of hydrogen-bond donors (Lipinski definition) is 0. The molecular weight excluding hydrogens is 684 g/mol. The van der Waals surface area contributed by atoms with E-state index >= 15 is 0 Å². The SMILES string of the molecule is CC(C)=NOCCC(=O)N1CCC(CC(=O)N2CCC([C@H]3c4ncc(Br)cc4CCc4cc(Cl)cc(Br)c43)CC2)CC1. The number of pyridine rings is 1. The molecule has 2 aromatic rings. The number of nitrogens with zero attached hydrogens (tertiary/aromatic N) is 4. The monoisotopic (exact) mass is 720 g/mol. The summed E-state index contributed by atoms with van der Waals surface area (Å²) in [6.45, 7) is 6.97. The lowest BCUT2D eigenvalue weighted by Gasteiger charge is -2.38. The number of likely N-dealkylation sites (tertiary alicyclic amines) is 2. The fraction of sp³-hybridized carbons (Fsp3) is 0.562. The van der Waals surface area contributed by atoms with Crippen LogP contribution in [0, 0.1) is 11.8 Å². The van der Waals surface area contributed by atoms with Crippen LogP contribution in [0.5, 0.6) is 0 Å². The highest BCUT2D eigenvalue weighted by molar-refractivity contribution is 9.10. The van der Waals surface area contributed by atoms with E-state index in [1.54, 1.807) is 0 Å². The van der Waals surface area contributed by atoms with Crippen molar-refractivity contribution >= 4 is 61.0 Å². The highest BCUT2D eigenvalue weighted by atomic mass is 79.9. The quantitative estimate of drug-likeness (QED) is 0.173. The van der Waals surface area contributed by atoms with Gasteiger partial charge in [0.1, 0.15) is 6.61 Å². The lowest BCUT2D eigenvalue weighted by Crippen LogP contribution is -2.43. The van der Waals surface area contributed by atoms with Crippen LogP contribution in [0.25, 0.3) is 0 Å². The van der Waals surface area contributed by atoms with Crippen LogP contribution < -0.4 is 0 Å². The molecule has 0 saturated carbocycles. The minimum atomic E-state index is 0.100. The summed E-state index contributed by atoms with van der Waals surface area (Å²) in [5.41, 5.74) is 5.87. The van der Waals surface area contributed by atoms with Gasteiger partial charge >= 0.3 is 0 Å².